The molecule has 3 N–H and O–H groups in total. The van der Waals surface area contributed by atoms with E-state index in [2.05, 4.69) is 10.2 Å². The van der Waals surface area contributed by atoms with Gasteiger partial charge in [0.2, 0.25) is 0 Å². The van der Waals surface area contributed by atoms with Gasteiger partial charge in [0.05, 0.1) is 19.3 Å². The number of hydrogen-bond acceptors (Lipinski definition) is 5. The van der Waals surface area contributed by atoms with Crippen LogP contribution in [0.25, 0.3) is 0 Å². The van der Waals surface area contributed by atoms with Crippen molar-refractivity contribution in [2.45, 2.75) is 12.5 Å². The second-order valence-electron chi connectivity index (χ2n) is 5.06. The minimum atomic E-state index is -0.455. The van der Waals surface area contributed by atoms with E-state index in [0.29, 0.717) is 5.75 Å². The van der Waals surface area contributed by atoms with E-state index >= 15 is 0 Å². The Hall–Kier alpha value is -1.30. The lowest BCUT2D eigenvalue weighted by Gasteiger charge is -2.43. The number of nitrogens with zero attached hydrogens (tertiary/aromatic N) is 1. The number of phenolic OH excluding ortho intramolecular Hbond substituents is 1. The summed E-state index contributed by atoms with van der Waals surface area (Å²) in [6.45, 7) is 5.67. The van der Waals surface area contributed by atoms with E-state index < -0.39 is 5.54 Å². The molecular formula is C14H22N2O3. The number of benzene rings is 1. The largest absolute Gasteiger partial charge is 0.504 e. The summed E-state index contributed by atoms with van der Waals surface area (Å²) < 4.78 is 5.15. The molecule has 1 fully saturated rings. The number of aliphatic hydroxyl groups is 1. The van der Waals surface area contributed by atoms with Gasteiger partial charge >= 0.3 is 0 Å². The van der Waals surface area contributed by atoms with E-state index in [1.54, 1.807) is 12.1 Å². The van der Waals surface area contributed by atoms with Crippen LogP contribution in [0.1, 0.15) is 12.5 Å². The quantitative estimate of drug-likeness (QED) is 0.741. The maximum atomic E-state index is 9.86. The average Bonchev–Trinajstić information content (AvgIpc) is 2.47. The lowest BCUT2D eigenvalue weighted by Crippen LogP contribution is -2.54. The lowest BCUT2D eigenvalue weighted by atomic mass is 9.90. The smallest absolute Gasteiger partial charge is 0.160 e. The van der Waals surface area contributed by atoms with Gasteiger partial charge < -0.3 is 20.3 Å². The van der Waals surface area contributed by atoms with Crippen LogP contribution in [0, 0.1) is 0 Å². The molecule has 1 heterocycles. The van der Waals surface area contributed by atoms with Crippen molar-refractivity contribution in [2.75, 3.05) is 39.9 Å². The fourth-order valence-corrected chi connectivity index (χ4v) is 2.54. The fourth-order valence-electron chi connectivity index (χ4n) is 2.54. The molecule has 0 aromatic heterocycles. The van der Waals surface area contributed by atoms with Crippen molar-refractivity contribution in [3.8, 4) is 11.5 Å². The van der Waals surface area contributed by atoms with Gasteiger partial charge in [-0.2, -0.15) is 0 Å². The Morgan fingerprint density at radius 1 is 1.37 bits per heavy atom. The summed E-state index contributed by atoms with van der Waals surface area (Å²) in [6.07, 6.45) is 0. The average molecular weight is 266 g/mol. The molecular weight excluding hydrogens is 244 g/mol. The highest BCUT2D eigenvalue weighted by Crippen LogP contribution is 2.34. The Balaban J connectivity index is 2.34. The fraction of sp³-hybridized carbons (Fsp3) is 0.571. The molecule has 0 amide bonds. The van der Waals surface area contributed by atoms with Gasteiger partial charge in [0.25, 0.3) is 0 Å². The molecule has 1 saturated heterocycles. The van der Waals surface area contributed by atoms with Gasteiger partial charge in [-0.05, 0) is 24.6 Å². The third-order valence-electron chi connectivity index (χ3n) is 3.92. The van der Waals surface area contributed by atoms with Crippen LogP contribution in [0.5, 0.6) is 11.5 Å². The van der Waals surface area contributed by atoms with Crippen LogP contribution < -0.4 is 10.1 Å². The van der Waals surface area contributed by atoms with Gasteiger partial charge in [-0.15, -0.1) is 0 Å². The van der Waals surface area contributed by atoms with Crippen molar-refractivity contribution in [1.82, 2.24) is 10.2 Å². The number of nitrogens with one attached hydrogen (secondary N) is 1. The van der Waals surface area contributed by atoms with Gasteiger partial charge in [-0.1, -0.05) is 6.07 Å². The number of ether oxygens (including phenoxy) is 1. The summed E-state index contributed by atoms with van der Waals surface area (Å²) in [5, 5.41) is 22.8. The second kappa shape index (κ2) is 5.77. The highest BCUT2D eigenvalue weighted by Gasteiger charge is 2.34. The lowest BCUT2D eigenvalue weighted by molar-refractivity contribution is 0.0310. The first-order chi connectivity index (χ1) is 9.11. The molecule has 2 rings (SSSR count). The molecule has 5 nitrogen and oxygen atoms in total. The molecule has 0 saturated carbocycles. The van der Waals surface area contributed by atoms with E-state index in [1.165, 1.54) is 7.11 Å². The number of aromatic hydroxyl groups is 1. The van der Waals surface area contributed by atoms with Crippen LogP contribution in [-0.2, 0) is 5.54 Å². The van der Waals surface area contributed by atoms with Gasteiger partial charge in [-0.25, -0.2) is 0 Å². The topological polar surface area (TPSA) is 65.0 Å². The van der Waals surface area contributed by atoms with Gasteiger partial charge in [-0.3, -0.25) is 4.90 Å². The monoisotopic (exact) mass is 266 g/mol. The molecule has 1 unspecified atom stereocenters. The second-order valence-corrected chi connectivity index (χ2v) is 5.06. The molecule has 1 atom stereocenters. The highest BCUT2D eigenvalue weighted by molar-refractivity contribution is 5.44. The van der Waals surface area contributed by atoms with E-state index in [1.807, 2.05) is 13.0 Å². The first-order valence-electron chi connectivity index (χ1n) is 6.56. The van der Waals surface area contributed by atoms with Crippen LogP contribution in [0.2, 0.25) is 0 Å². The predicted octanol–water partition coefficient (Wildman–Crippen LogP) is 0.513. The molecule has 0 aliphatic carbocycles. The number of hydrogen-bond donors (Lipinski definition) is 3. The van der Waals surface area contributed by atoms with Crippen LogP contribution in [0.15, 0.2) is 18.2 Å². The van der Waals surface area contributed by atoms with Gasteiger partial charge in [0, 0.05) is 26.2 Å². The van der Waals surface area contributed by atoms with E-state index in [0.717, 1.165) is 31.7 Å². The molecule has 0 spiro atoms. The molecule has 1 aliphatic rings. The number of phenols is 1. The van der Waals surface area contributed by atoms with Crippen molar-refractivity contribution in [1.29, 1.82) is 0 Å². The predicted molar refractivity (Wildman–Crippen MR) is 73.5 cm³/mol. The van der Waals surface area contributed by atoms with Crippen LogP contribution in [0.4, 0.5) is 0 Å². The Morgan fingerprint density at radius 2 is 2.05 bits per heavy atom. The summed E-state index contributed by atoms with van der Waals surface area (Å²) in [6, 6.07) is 5.26. The number of rotatable bonds is 4. The Bertz CT molecular complexity index is 433. The van der Waals surface area contributed by atoms with E-state index in [4.69, 9.17) is 4.74 Å². The van der Waals surface area contributed by atoms with E-state index in [-0.39, 0.29) is 12.4 Å². The van der Waals surface area contributed by atoms with Crippen molar-refractivity contribution < 1.29 is 14.9 Å². The summed E-state index contributed by atoms with van der Waals surface area (Å²) in [5.41, 5.74) is 0.495. The SMILES string of the molecule is COc1cc(C(C)(CO)N2CCNCC2)ccc1O. The van der Waals surface area contributed by atoms with Crippen LogP contribution in [-0.4, -0.2) is 55.0 Å². The first kappa shape index (κ1) is 14.1. The van der Waals surface area contributed by atoms with Gasteiger partial charge in [0.15, 0.2) is 11.5 Å². The summed E-state index contributed by atoms with van der Waals surface area (Å²) in [7, 11) is 1.53. The molecule has 0 bridgehead atoms. The summed E-state index contributed by atoms with van der Waals surface area (Å²) >= 11 is 0. The minimum absolute atomic E-state index is 0.0287. The van der Waals surface area contributed by atoms with Crippen LogP contribution >= 0.6 is 0 Å². The Morgan fingerprint density at radius 3 is 2.63 bits per heavy atom. The maximum absolute atomic E-state index is 9.86. The third-order valence-corrected chi connectivity index (χ3v) is 3.92. The molecule has 5 heteroatoms. The van der Waals surface area contributed by atoms with Crippen molar-refractivity contribution in [3.05, 3.63) is 23.8 Å². The molecule has 1 aliphatic heterocycles. The third kappa shape index (κ3) is 2.68. The maximum Gasteiger partial charge on any atom is 0.160 e. The van der Waals surface area contributed by atoms with Crippen molar-refractivity contribution in [2.24, 2.45) is 0 Å². The minimum Gasteiger partial charge on any atom is -0.504 e. The molecule has 106 valence electrons. The number of piperazine rings is 1. The summed E-state index contributed by atoms with van der Waals surface area (Å²) in [5.74, 6) is 0.555. The van der Waals surface area contributed by atoms with Crippen LogP contribution in [0.3, 0.4) is 0 Å². The normalized spacial score (nSPS) is 19.9. The number of methoxy groups -OCH3 is 1. The summed E-state index contributed by atoms with van der Waals surface area (Å²) in [4.78, 5) is 2.26. The first-order valence-corrected chi connectivity index (χ1v) is 6.56. The van der Waals surface area contributed by atoms with Crippen molar-refractivity contribution in [3.63, 3.8) is 0 Å². The van der Waals surface area contributed by atoms with E-state index in [9.17, 15) is 10.2 Å². The standard InChI is InChI=1S/C14H22N2O3/c1-14(10-17,16-7-5-15-6-8-16)11-3-4-12(18)13(9-11)19-2/h3-4,9,15,17-18H,5-8,10H2,1-2H3. The molecule has 1 aromatic rings. The van der Waals surface area contributed by atoms with Gasteiger partial charge in [0.1, 0.15) is 0 Å². The molecule has 19 heavy (non-hydrogen) atoms. The highest BCUT2D eigenvalue weighted by atomic mass is 16.5. The number of aliphatic hydroxyl groups excluding tert-OH is 1. The Kier molecular flexibility index (Phi) is 4.29. The zero-order valence-corrected chi connectivity index (χ0v) is 11.5. The Labute approximate surface area is 113 Å². The molecule has 0 radical (unpaired) electrons. The molecule has 1 aromatic carbocycles. The zero-order valence-electron chi connectivity index (χ0n) is 11.5. The van der Waals surface area contributed by atoms with Crippen molar-refractivity contribution >= 4 is 0 Å². The zero-order chi connectivity index (χ0) is 13.9.